The monoisotopic (exact) mass is 232 g/mol. The van der Waals surface area contributed by atoms with Crippen LogP contribution in [0.25, 0.3) is 0 Å². The molecule has 2 unspecified atom stereocenters. The van der Waals surface area contributed by atoms with Crippen LogP contribution in [0.1, 0.15) is 58.8 Å². The molecule has 0 heteroatoms. The predicted octanol–water partition coefficient (Wildman–Crippen LogP) is 5.67. The first-order valence-corrected chi connectivity index (χ1v) is 7.36. The maximum Gasteiger partial charge on any atom is -0.0136 e. The van der Waals surface area contributed by atoms with E-state index in [9.17, 15) is 0 Å². The Kier molecular flexibility index (Phi) is 7.79. The van der Waals surface area contributed by atoms with E-state index in [1.54, 1.807) is 0 Å². The molecular formula is C17H28. The highest BCUT2D eigenvalue weighted by atomic mass is 14.2. The maximum atomic E-state index is 2.46. The molecule has 0 spiro atoms. The molecule has 1 rings (SSSR count). The van der Waals surface area contributed by atoms with Gasteiger partial charge >= 0.3 is 0 Å². The standard InChI is InChI=1S/C17H28/c1-3-5-7-9-13-17-15-11-10-14-16(17)12-8-6-4-2/h7-9,11-12,15-17H,3-6,10,13-14H2,1-2H3. The second-order valence-electron chi connectivity index (χ2n) is 5.05. The first-order valence-electron chi connectivity index (χ1n) is 7.36. The predicted molar refractivity (Wildman–Crippen MR) is 78.1 cm³/mol. The lowest BCUT2D eigenvalue weighted by Gasteiger charge is -2.24. The number of allylic oxidation sites excluding steroid dienone is 6. The van der Waals surface area contributed by atoms with E-state index in [-0.39, 0.29) is 0 Å². The van der Waals surface area contributed by atoms with Crippen LogP contribution >= 0.6 is 0 Å². The molecule has 0 heterocycles. The van der Waals surface area contributed by atoms with Crippen LogP contribution in [0.15, 0.2) is 36.5 Å². The topological polar surface area (TPSA) is 0 Å². The normalized spacial score (nSPS) is 25.1. The summed E-state index contributed by atoms with van der Waals surface area (Å²) in [6, 6.07) is 0. The van der Waals surface area contributed by atoms with Crippen molar-refractivity contribution in [1.82, 2.24) is 0 Å². The van der Waals surface area contributed by atoms with E-state index in [0.717, 1.165) is 11.8 Å². The summed E-state index contributed by atoms with van der Waals surface area (Å²) in [4.78, 5) is 0. The molecule has 0 N–H and O–H groups in total. The van der Waals surface area contributed by atoms with Crippen LogP contribution in [0.3, 0.4) is 0 Å². The average molecular weight is 232 g/mol. The summed E-state index contributed by atoms with van der Waals surface area (Å²) in [5.74, 6) is 1.52. The summed E-state index contributed by atoms with van der Waals surface area (Å²) in [5.41, 5.74) is 0. The zero-order valence-electron chi connectivity index (χ0n) is 11.6. The molecule has 0 saturated carbocycles. The fraction of sp³-hybridized carbons (Fsp3) is 0.647. The van der Waals surface area contributed by atoms with Crippen LogP contribution in [0.4, 0.5) is 0 Å². The third kappa shape index (κ3) is 5.91. The van der Waals surface area contributed by atoms with E-state index >= 15 is 0 Å². The van der Waals surface area contributed by atoms with Gasteiger partial charge in [-0.1, -0.05) is 63.1 Å². The van der Waals surface area contributed by atoms with Gasteiger partial charge in [0.1, 0.15) is 0 Å². The average Bonchev–Trinajstić information content (AvgIpc) is 2.36. The number of unbranched alkanes of at least 4 members (excludes halogenated alkanes) is 2. The molecule has 1 aliphatic rings. The van der Waals surface area contributed by atoms with Crippen LogP contribution in [0.5, 0.6) is 0 Å². The van der Waals surface area contributed by atoms with Crippen LogP contribution in [-0.4, -0.2) is 0 Å². The van der Waals surface area contributed by atoms with Gasteiger partial charge in [0.25, 0.3) is 0 Å². The van der Waals surface area contributed by atoms with Crippen molar-refractivity contribution in [2.24, 2.45) is 11.8 Å². The second-order valence-corrected chi connectivity index (χ2v) is 5.05. The highest BCUT2D eigenvalue weighted by Gasteiger charge is 2.17. The van der Waals surface area contributed by atoms with Crippen molar-refractivity contribution in [2.75, 3.05) is 0 Å². The molecule has 96 valence electrons. The minimum absolute atomic E-state index is 0.741. The first kappa shape index (κ1) is 14.3. The quantitative estimate of drug-likeness (QED) is 0.496. The smallest absolute Gasteiger partial charge is 0.0136 e. The molecule has 0 aromatic rings. The van der Waals surface area contributed by atoms with E-state index < -0.39 is 0 Å². The molecule has 2 atom stereocenters. The first-order chi connectivity index (χ1) is 8.38. The van der Waals surface area contributed by atoms with E-state index in [1.165, 1.54) is 44.9 Å². The van der Waals surface area contributed by atoms with Crippen LogP contribution in [0, 0.1) is 11.8 Å². The summed E-state index contributed by atoms with van der Waals surface area (Å²) in [6.07, 6.45) is 23.2. The molecule has 0 saturated heterocycles. The number of hydrogen-bond acceptors (Lipinski definition) is 0. The van der Waals surface area contributed by atoms with Crippen molar-refractivity contribution in [2.45, 2.75) is 58.8 Å². The van der Waals surface area contributed by atoms with Crippen LogP contribution < -0.4 is 0 Å². The highest BCUT2D eigenvalue weighted by molar-refractivity contribution is 5.06. The van der Waals surface area contributed by atoms with E-state index in [1.807, 2.05) is 0 Å². The SMILES string of the molecule is CCCC=CCC1C=CCCC1C=CCCC. The van der Waals surface area contributed by atoms with Gasteiger partial charge < -0.3 is 0 Å². The Labute approximate surface area is 108 Å². The highest BCUT2D eigenvalue weighted by Crippen LogP contribution is 2.29. The fourth-order valence-electron chi connectivity index (χ4n) is 2.38. The lowest BCUT2D eigenvalue weighted by molar-refractivity contribution is 0.431. The zero-order chi connectivity index (χ0) is 12.3. The van der Waals surface area contributed by atoms with Gasteiger partial charge in [0.2, 0.25) is 0 Å². The van der Waals surface area contributed by atoms with E-state index in [2.05, 4.69) is 50.3 Å². The molecule has 0 aromatic heterocycles. The summed E-state index contributed by atoms with van der Waals surface area (Å²) in [6.45, 7) is 4.48. The van der Waals surface area contributed by atoms with Gasteiger partial charge in [-0.2, -0.15) is 0 Å². The molecule has 0 bridgehead atoms. The maximum absolute atomic E-state index is 2.46. The number of rotatable bonds is 7. The zero-order valence-corrected chi connectivity index (χ0v) is 11.6. The van der Waals surface area contributed by atoms with Gasteiger partial charge in [0.15, 0.2) is 0 Å². The van der Waals surface area contributed by atoms with Crippen LogP contribution in [0.2, 0.25) is 0 Å². The second kappa shape index (κ2) is 9.27. The molecule has 0 aromatic carbocycles. The van der Waals surface area contributed by atoms with Crippen molar-refractivity contribution in [1.29, 1.82) is 0 Å². The van der Waals surface area contributed by atoms with Crippen molar-refractivity contribution < 1.29 is 0 Å². The summed E-state index contributed by atoms with van der Waals surface area (Å²) >= 11 is 0. The Morgan fingerprint density at radius 2 is 1.82 bits per heavy atom. The molecule has 0 amide bonds. The van der Waals surface area contributed by atoms with Crippen molar-refractivity contribution >= 4 is 0 Å². The van der Waals surface area contributed by atoms with Gasteiger partial charge in [-0.05, 0) is 43.9 Å². The summed E-state index contributed by atoms with van der Waals surface area (Å²) in [7, 11) is 0. The minimum Gasteiger partial charge on any atom is -0.0885 e. The fourth-order valence-corrected chi connectivity index (χ4v) is 2.38. The molecular weight excluding hydrogens is 204 g/mol. The third-order valence-electron chi connectivity index (χ3n) is 3.47. The van der Waals surface area contributed by atoms with Crippen molar-refractivity contribution in [3.63, 3.8) is 0 Å². The molecule has 0 fully saturated rings. The van der Waals surface area contributed by atoms with Gasteiger partial charge in [-0.25, -0.2) is 0 Å². The van der Waals surface area contributed by atoms with Gasteiger partial charge in [-0.15, -0.1) is 0 Å². The third-order valence-corrected chi connectivity index (χ3v) is 3.47. The molecule has 17 heavy (non-hydrogen) atoms. The van der Waals surface area contributed by atoms with Crippen LogP contribution in [-0.2, 0) is 0 Å². The van der Waals surface area contributed by atoms with E-state index in [4.69, 9.17) is 0 Å². The van der Waals surface area contributed by atoms with Gasteiger partial charge in [-0.3, -0.25) is 0 Å². The summed E-state index contributed by atoms with van der Waals surface area (Å²) < 4.78 is 0. The molecule has 0 nitrogen and oxygen atoms in total. The van der Waals surface area contributed by atoms with Crippen molar-refractivity contribution in [3.8, 4) is 0 Å². The Hall–Kier alpha value is -0.780. The minimum atomic E-state index is 0.741. The Bertz CT molecular complexity index is 257. The van der Waals surface area contributed by atoms with Crippen molar-refractivity contribution in [3.05, 3.63) is 36.5 Å². The number of hydrogen-bond donors (Lipinski definition) is 0. The van der Waals surface area contributed by atoms with E-state index in [0.29, 0.717) is 0 Å². The Morgan fingerprint density at radius 3 is 2.59 bits per heavy atom. The van der Waals surface area contributed by atoms with Gasteiger partial charge in [0.05, 0.1) is 0 Å². The molecule has 0 radical (unpaired) electrons. The van der Waals surface area contributed by atoms with Gasteiger partial charge in [0, 0.05) is 0 Å². The summed E-state index contributed by atoms with van der Waals surface area (Å²) in [5, 5.41) is 0. The largest absolute Gasteiger partial charge is 0.0885 e. The lowest BCUT2D eigenvalue weighted by Crippen LogP contribution is -2.13. The molecule has 1 aliphatic carbocycles. The Morgan fingerprint density at radius 1 is 1.06 bits per heavy atom. The Balaban J connectivity index is 2.42. The molecule has 0 aliphatic heterocycles. The lowest BCUT2D eigenvalue weighted by atomic mass is 9.81.